The minimum Gasteiger partial charge on any atom is -0.508 e. The number of phenols is 1. The maximum atomic E-state index is 13.3. The molecule has 2 N–H and O–H groups in total. The number of phenolic OH excluding ortho intramolecular Hbond substituents is 1. The van der Waals surface area contributed by atoms with E-state index in [-0.39, 0.29) is 33.4 Å². The van der Waals surface area contributed by atoms with Gasteiger partial charge in [0.2, 0.25) is 0 Å². The number of benzene rings is 3. The first-order valence-electron chi connectivity index (χ1n) is 10.5. The van der Waals surface area contributed by atoms with Crippen molar-refractivity contribution in [1.82, 2.24) is 0 Å². The van der Waals surface area contributed by atoms with Crippen LogP contribution in [0.5, 0.6) is 23.0 Å². The number of carbonyl (C=O) groups is 2. The van der Waals surface area contributed by atoms with Crippen molar-refractivity contribution in [1.29, 1.82) is 0 Å². The van der Waals surface area contributed by atoms with Gasteiger partial charge in [-0.2, -0.15) is 0 Å². The van der Waals surface area contributed by atoms with Crippen LogP contribution in [0.15, 0.2) is 66.2 Å². The van der Waals surface area contributed by atoms with Gasteiger partial charge in [-0.05, 0) is 48.0 Å². The molecular formula is C26H22ClNO7. The molecule has 1 heterocycles. The van der Waals surface area contributed by atoms with Crippen LogP contribution >= 0.6 is 11.6 Å². The van der Waals surface area contributed by atoms with Crippen LogP contribution in [0, 0.1) is 0 Å². The quantitative estimate of drug-likeness (QED) is 0.290. The van der Waals surface area contributed by atoms with Crippen molar-refractivity contribution in [2.45, 2.75) is 6.04 Å². The van der Waals surface area contributed by atoms with Crippen LogP contribution in [0.2, 0.25) is 5.02 Å². The zero-order valence-electron chi connectivity index (χ0n) is 19.1. The highest BCUT2D eigenvalue weighted by Crippen LogP contribution is 2.45. The summed E-state index contributed by atoms with van der Waals surface area (Å²) in [6.07, 6.45) is 0. The first kappa shape index (κ1) is 24.0. The Morgan fingerprint density at radius 1 is 0.886 bits per heavy atom. The molecule has 1 saturated heterocycles. The van der Waals surface area contributed by atoms with Crippen molar-refractivity contribution >= 4 is 34.7 Å². The Morgan fingerprint density at radius 3 is 2.09 bits per heavy atom. The Morgan fingerprint density at radius 2 is 1.51 bits per heavy atom. The second kappa shape index (κ2) is 9.60. The summed E-state index contributed by atoms with van der Waals surface area (Å²) in [5.41, 5.74) is 0.898. The number of hydrogen-bond acceptors (Lipinski definition) is 7. The summed E-state index contributed by atoms with van der Waals surface area (Å²) in [7, 11) is 4.32. The average Bonchev–Trinajstić information content (AvgIpc) is 3.14. The number of ketones is 1. The van der Waals surface area contributed by atoms with E-state index < -0.39 is 23.5 Å². The molecule has 0 saturated carbocycles. The topological polar surface area (TPSA) is 106 Å². The van der Waals surface area contributed by atoms with E-state index in [1.807, 2.05) is 0 Å². The van der Waals surface area contributed by atoms with Gasteiger partial charge in [0.15, 0.2) is 0 Å². The lowest BCUT2D eigenvalue weighted by Gasteiger charge is -2.25. The van der Waals surface area contributed by atoms with Gasteiger partial charge in [0, 0.05) is 11.8 Å². The lowest BCUT2D eigenvalue weighted by molar-refractivity contribution is -0.132. The third kappa shape index (κ3) is 4.24. The number of nitrogens with zero attached hydrogens (tertiary/aromatic N) is 1. The first-order valence-corrected chi connectivity index (χ1v) is 10.8. The van der Waals surface area contributed by atoms with Crippen molar-refractivity contribution in [3.05, 3.63) is 82.4 Å². The van der Waals surface area contributed by atoms with Gasteiger partial charge in [0.25, 0.3) is 11.7 Å². The molecule has 3 aromatic carbocycles. The van der Waals surface area contributed by atoms with E-state index in [9.17, 15) is 19.8 Å². The zero-order chi connectivity index (χ0) is 25.3. The minimum atomic E-state index is -0.990. The highest BCUT2D eigenvalue weighted by Gasteiger charge is 2.47. The van der Waals surface area contributed by atoms with Crippen molar-refractivity contribution in [2.24, 2.45) is 0 Å². The summed E-state index contributed by atoms with van der Waals surface area (Å²) in [6, 6.07) is 14.5. The van der Waals surface area contributed by atoms with Crippen molar-refractivity contribution < 1.29 is 34.0 Å². The van der Waals surface area contributed by atoms with Crippen LogP contribution in [0.1, 0.15) is 17.2 Å². The van der Waals surface area contributed by atoms with Crippen LogP contribution in [0.25, 0.3) is 5.76 Å². The summed E-state index contributed by atoms with van der Waals surface area (Å²) < 4.78 is 15.8. The third-order valence-electron chi connectivity index (χ3n) is 5.73. The van der Waals surface area contributed by atoms with Crippen LogP contribution in [0.4, 0.5) is 5.69 Å². The van der Waals surface area contributed by atoms with Gasteiger partial charge in [0.05, 0.1) is 43.5 Å². The number of anilines is 1. The largest absolute Gasteiger partial charge is 0.508 e. The fourth-order valence-electron chi connectivity index (χ4n) is 4.00. The Kier molecular flexibility index (Phi) is 6.57. The van der Waals surface area contributed by atoms with Gasteiger partial charge in [-0.25, -0.2) is 0 Å². The van der Waals surface area contributed by atoms with E-state index in [4.69, 9.17) is 25.8 Å². The number of carbonyl (C=O) groups excluding carboxylic acids is 2. The molecule has 0 aliphatic carbocycles. The molecule has 1 aliphatic heterocycles. The molecule has 180 valence electrons. The lowest BCUT2D eigenvalue weighted by atomic mass is 9.94. The van der Waals surface area contributed by atoms with E-state index >= 15 is 0 Å². The smallest absolute Gasteiger partial charge is 0.300 e. The fourth-order valence-corrected chi connectivity index (χ4v) is 4.24. The number of ether oxygens (including phenoxy) is 3. The summed E-state index contributed by atoms with van der Waals surface area (Å²) in [5.74, 6) is -1.14. The maximum absolute atomic E-state index is 13.3. The van der Waals surface area contributed by atoms with Crippen LogP contribution in [0.3, 0.4) is 0 Å². The number of aliphatic hydroxyl groups excluding tert-OH is 1. The number of methoxy groups -OCH3 is 3. The van der Waals surface area contributed by atoms with Gasteiger partial charge < -0.3 is 24.4 Å². The fraction of sp³-hybridized carbons (Fsp3) is 0.154. The number of aromatic hydroxyl groups is 1. The molecule has 0 radical (unpaired) electrons. The van der Waals surface area contributed by atoms with Crippen molar-refractivity contribution in [2.75, 3.05) is 26.2 Å². The van der Waals surface area contributed by atoms with Crippen LogP contribution in [-0.2, 0) is 9.59 Å². The van der Waals surface area contributed by atoms with E-state index in [2.05, 4.69) is 0 Å². The van der Waals surface area contributed by atoms with E-state index in [1.165, 1.54) is 50.5 Å². The molecule has 0 spiro atoms. The first-order chi connectivity index (χ1) is 16.8. The van der Waals surface area contributed by atoms with E-state index in [0.717, 1.165) is 0 Å². The standard InChI is InChI=1S/C26H22ClNO7/c1-33-17-10-6-15(7-11-17)28-23(14-4-8-16(29)9-5-14)22(25(31)26(28)32)24(30)18-12-21(35-3)19(27)13-20(18)34-2/h4-13,23,29-30H,1-3H3/b24-22+. The molecule has 4 rings (SSSR count). The van der Waals surface area contributed by atoms with Gasteiger partial charge in [-0.3, -0.25) is 14.5 Å². The second-order valence-corrected chi connectivity index (χ2v) is 8.05. The highest BCUT2D eigenvalue weighted by atomic mass is 35.5. The SMILES string of the molecule is COc1ccc(N2C(=O)C(=O)/C(=C(/O)c3cc(OC)c(Cl)cc3OC)C2c2ccc(O)cc2)cc1. The van der Waals surface area contributed by atoms with Gasteiger partial charge in [-0.15, -0.1) is 0 Å². The third-order valence-corrected chi connectivity index (χ3v) is 6.03. The molecule has 1 aliphatic rings. The Labute approximate surface area is 206 Å². The average molecular weight is 496 g/mol. The second-order valence-electron chi connectivity index (χ2n) is 7.65. The Hall–Kier alpha value is -4.17. The summed E-state index contributed by atoms with van der Waals surface area (Å²) in [6.45, 7) is 0. The number of aliphatic hydroxyl groups is 1. The molecule has 1 atom stereocenters. The molecule has 9 heteroatoms. The number of amides is 1. The predicted octanol–water partition coefficient (Wildman–Crippen LogP) is 4.70. The van der Waals surface area contributed by atoms with Crippen LogP contribution in [-0.4, -0.2) is 43.2 Å². The molecule has 1 amide bonds. The maximum Gasteiger partial charge on any atom is 0.300 e. The molecular weight excluding hydrogens is 474 g/mol. The van der Waals surface area contributed by atoms with Crippen LogP contribution < -0.4 is 19.1 Å². The molecule has 1 unspecified atom stereocenters. The van der Waals surface area contributed by atoms with Gasteiger partial charge >= 0.3 is 0 Å². The Bertz CT molecular complexity index is 1320. The number of halogens is 1. The van der Waals surface area contributed by atoms with Gasteiger partial charge in [-0.1, -0.05) is 23.7 Å². The summed E-state index contributed by atoms with van der Waals surface area (Å²) in [5, 5.41) is 21.4. The monoisotopic (exact) mass is 495 g/mol. The molecule has 0 bridgehead atoms. The number of hydrogen-bond donors (Lipinski definition) is 2. The van der Waals surface area contributed by atoms with Gasteiger partial charge in [0.1, 0.15) is 28.8 Å². The van der Waals surface area contributed by atoms with E-state index in [0.29, 0.717) is 17.0 Å². The molecule has 35 heavy (non-hydrogen) atoms. The highest BCUT2D eigenvalue weighted by molar-refractivity contribution is 6.51. The molecule has 3 aromatic rings. The molecule has 0 aromatic heterocycles. The minimum absolute atomic E-state index is 0.0132. The summed E-state index contributed by atoms with van der Waals surface area (Å²) >= 11 is 6.20. The van der Waals surface area contributed by atoms with Crippen molar-refractivity contribution in [3.63, 3.8) is 0 Å². The zero-order valence-corrected chi connectivity index (χ0v) is 19.9. The summed E-state index contributed by atoms with van der Waals surface area (Å²) in [4.78, 5) is 27.9. The number of Topliss-reactive ketones (excluding diaryl/α,β-unsaturated/α-hetero) is 1. The predicted molar refractivity (Wildman–Crippen MR) is 130 cm³/mol. The number of rotatable bonds is 6. The lowest BCUT2D eigenvalue weighted by Crippen LogP contribution is -2.29. The Balaban J connectivity index is 1.97. The normalized spacial score (nSPS) is 16.9. The van der Waals surface area contributed by atoms with Crippen molar-refractivity contribution in [3.8, 4) is 23.0 Å². The molecule has 8 nitrogen and oxygen atoms in total. The molecule has 1 fully saturated rings. The van der Waals surface area contributed by atoms with E-state index in [1.54, 1.807) is 36.4 Å².